The Labute approximate surface area is 134 Å². The SMILES string of the molecule is CCCNCC(CC)(CC)CN(C)C1CCC(CC)CC1. The number of hydrogen-bond donors (Lipinski definition) is 1. The Morgan fingerprint density at radius 2 is 1.62 bits per heavy atom. The highest BCUT2D eigenvalue weighted by molar-refractivity contribution is 4.86. The first-order valence-electron chi connectivity index (χ1n) is 9.51. The van der Waals surface area contributed by atoms with Crippen molar-refractivity contribution in [2.45, 2.75) is 85.1 Å². The second-order valence-electron chi connectivity index (χ2n) is 7.38. The average molecular weight is 297 g/mol. The normalized spacial score (nSPS) is 23.7. The van der Waals surface area contributed by atoms with E-state index in [1.54, 1.807) is 0 Å². The van der Waals surface area contributed by atoms with Crippen LogP contribution in [0.4, 0.5) is 0 Å². The minimum atomic E-state index is 0.464. The van der Waals surface area contributed by atoms with Crippen LogP contribution in [0.5, 0.6) is 0 Å². The van der Waals surface area contributed by atoms with Crippen molar-refractivity contribution in [2.24, 2.45) is 11.3 Å². The van der Waals surface area contributed by atoms with Gasteiger partial charge in [0.05, 0.1) is 0 Å². The summed E-state index contributed by atoms with van der Waals surface area (Å²) in [7, 11) is 2.37. The number of rotatable bonds is 10. The van der Waals surface area contributed by atoms with Crippen molar-refractivity contribution in [1.82, 2.24) is 10.2 Å². The molecule has 1 aliphatic rings. The molecule has 0 unspecified atom stereocenters. The van der Waals surface area contributed by atoms with Crippen LogP contribution in [0.25, 0.3) is 0 Å². The van der Waals surface area contributed by atoms with E-state index in [4.69, 9.17) is 0 Å². The summed E-state index contributed by atoms with van der Waals surface area (Å²) in [6, 6.07) is 0.830. The predicted molar refractivity (Wildman–Crippen MR) is 94.8 cm³/mol. The summed E-state index contributed by atoms with van der Waals surface area (Å²) in [6.07, 6.45) is 10.9. The quantitative estimate of drug-likeness (QED) is 0.588. The third kappa shape index (κ3) is 5.90. The molecule has 1 N–H and O–H groups in total. The van der Waals surface area contributed by atoms with Gasteiger partial charge in [-0.3, -0.25) is 0 Å². The predicted octanol–water partition coefficient (Wildman–Crippen LogP) is 4.69. The molecule has 0 aliphatic heterocycles. The molecule has 0 atom stereocenters. The summed E-state index contributed by atoms with van der Waals surface area (Å²) >= 11 is 0. The van der Waals surface area contributed by atoms with Crippen LogP contribution in [0.1, 0.15) is 79.1 Å². The van der Waals surface area contributed by atoms with Gasteiger partial charge in [-0.2, -0.15) is 0 Å². The van der Waals surface area contributed by atoms with E-state index >= 15 is 0 Å². The number of nitrogens with zero attached hydrogens (tertiary/aromatic N) is 1. The van der Waals surface area contributed by atoms with Crippen LogP contribution in [0.2, 0.25) is 0 Å². The Balaban J connectivity index is 2.49. The van der Waals surface area contributed by atoms with E-state index in [-0.39, 0.29) is 0 Å². The molecule has 0 aromatic rings. The van der Waals surface area contributed by atoms with Gasteiger partial charge in [-0.15, -0.1) is 0 Å². The minimum absolute atomic E-state index is 0.464. The van der Waals surface area contributed by atoms with Crippen molar-refractivity contribution >= 4 is 0 Å². The van der Waals surface area contributed by atoms with Gasteiger partial charge in [0.2, 0.25) is 0 Å². The second kappa shape index (κ2) is 9.84. The lowest BCUT2D eigenvalue weighted by molar-refractivity contribution is 0.0930. The molecule has 126 valence electrons. The zero-order valence-electron chi connectivity index (χ0n) is 15.4. The average Bonchev–Trinajstić information content (AvgIpc) is 2.54. The zero-order chi connectivity index (χ0) is 15.7. The van der Waals surface area contributed by atoms with Gasteiger partial charge in [-0.05, 0) is 69.9 Å². The summed E-state index contributed by atoms with van der Waals surface area (Å²) in [5, 5.41) is 3.68. The van der Waals surface area contributed by atoms with Crippen LogP contribution in [0.3, 0.4) is 0 Å². The first-order chi connectivity index (χ1) is 10.1. The van der Waals surface area contributed by atoms with Crippen LogP contribution in [-0.2, 0) is 0 Å². The summed E-state index contributed by atoms with van der Waals surface area (Å²) in [6.45, 7) is 13.0. The Morgan fingerprint density at radius 3 is 2.10 bits per heavy atom. The van der Waals surface area contributed by atoms with E-state index in [2.05, 4.69) is 45.0 Å². The molecule has 2 nitrogen and oxygen atoms in total. The maximum absolute atomic E-state index is 3.68. The van der Waals surface area contributed by atoms with E-state index in [1.807, 2.05) is 0 Å². The molecule has 0 heterocycles. The zero-order valence-corrected chi connectivity index (χ0v) is 15.4. The Bertz CT molecular complexity index is 252. The van der Waals surface area contributed by atoms with Crippen molar-refractivity contribution in [3.63, 3.8) is 0 Å². The van der Waals surface area contributed by atoms with Crippen LogP contribution >= 0.6 is 0 Å². The van der Waals surface area contributed by atoms with Crippen LogP contribution in [-0.4, -0.2) is 37.6 Å². The van der Waals surface area contributed by atoms with Crippen LogP contribution in [0.15, 0.2) is 0 Å². The fourth-order valence-electron chi connectivity index (χ4n) is 3.96. The largest absolute Gasteiger partial charge is 0.316 e. The molecule has 1 fully saturated rings. The maximum Gasteiger partial charge on any atom is 0.00926 e. The highest BCUT2D eigenvalue weighted by Gasteiger charge is 2.31. The highest BCUT2D eigenvalue weighted by Crippen LogP contribution is 2.32. The summed E-state index contributed by atoms with van der Waals surface area (Å²) in [5.41, 5.74) is 0.464. The van der Waals surface area contributed by atoms with E-state index in [9.17, 15) is 0 Å². The molecule has 0 spiro atoms. The smallest absolute Gasteiger partial charge is 0.00926 e. The van der Waals surface area contributed by atoms with Crippen molar-refractivity contribution in [3.8, 4) is 0 Å². The third-order valence-electron chi connectivity index (χ3n) is 6.03. The number of hydrogen-bond acceptors (Lipinski definition) is 2. The van der Waals surface area contributed by atoms with Crippen molar-refractivity contribution < 1.29 is 0 Å². The molecular formula is C19H40N2. The van der Waals surface area contributed by atoms with Crippen LogP contribution < -0.4 is 5.32 Å². The molecule has 0 saturated heterocycles. The summed E-state index contributed by atoms with van der Waals surface area (Å²) in [5.74, 6) is 1.00. The van der Waals surface area contributed by atoms with Gasteiger partial charge < -0.3 is 10.2 Å². The van der Waals surface area contributed by atoms with Gasteiger partial charge in [0.25, 0.3) is 0 Å². The van der Waals surface area contributed by atoms with Crippen molar-refractivity contribution in [1.29, 1.82) is 0 Å². The molecule has 0 bridgehead atoms. The summed E-state index contributed by atoms with van der Waals surface area (Å²) in [4.78, 5) is 2.69. The first kappa shape index (κ1) is 19.0. The fraction of sp³-hybridized carbons (Fsp3) is 1.00. The molecule has 0 aromatic heterocycles. The van der Waals surface area contributed by atoms with Gasteiger partial charge in [0, 0.05) is 19.1 Å². The maximum atomic E-state index is 3.68. The van der Waals surface area contributed by atoms with Gasteiger partial charge >= 0.3 is 0 Å². The molecule has 1 aliphatic carbocycles. The van der Waals surface area contributed by atoms with Gasteiger partial charge in [0.1, 0.15) is 0 Å². The van der Waals surface area contributed by atoms with E-state index in [1.165, 1.54) is 64.5 Å². The lowest BCUT2D eigenvalue weighted by Crippen LogP contribution is -2.46. The molecule has 1 rings (SSSR count). The molecular weight excluding hydrogens is 256 g/mol. The monoisotopic (exact) mass is 296 g/mol. The number of nitrogens with one attached hydrogen (secondary N) is 1. The Morgan fingerprint density at radius 1 is 1.00 bits per heavy atom. The summed E-state index contributed by atoms with van der Waals surface area (Å²) < 4.78 is 0. The van der Waals surface area contributed by atoms with Gasteiger partial charge in [-0.1, -0.05) is 34.1 Å². The van der Waals surface area contributed by atoms with Gasteiger partial charge in [-0.25, -0.2) is 0 Å². The first-order valence-corrected chi connectivity index (χ1v) is 9.51. The fourth-order valence-corrected chi connectivity index (χ4v) is 3.96. The molecule has 0 radical (unpaired) electrons. The lowest BCUT2D eigenvalue weighted by atomic mass is 9.79. The van der Waals surface area contributed by atoms with E-state index in [0.717, 1.165) is 18.5 Å². The molecule has 0 aromatic carbocycles. The van der Waals surface area contributed by atoms with E-state index < -0.39 is 0 Å². The van der Waals surface area contributed by atoms with E-state index in [0.29, 0.717) is 5.41 Å². The Hall–Kier alpha value is -0.0800. The standard InChI is InChI=1S/C19H40N2/c1-6-14-20-15-19(8-3,9-4)16-21(5)18-12-10-17(7-2)11-13-18/h17-18,20H,6-16H2,1-5H3. The van der Waals surface area contributed by atoms with Crippen molar-refractivity contribution in [2.75, 3.05) is 26.7 Å². The minimum Gasteiger partial charge on any atom is -0.316 e. The molecule has 2 heteroatoms. The molecule has 0 amide bonds. The molecule has 1 saturated carbocycles. The lowest BCUT2D eigenvalue weighted by Gasteiger charge is -2.41. The topological polar surface area (TPSA) is 15.3 Å². The van der Waals surface area contributed by atoms with Gasteiger partial charge in [0.15, 0.2) is 0 Å². The second-order valence-corrected chi connectivity index (χ2v) is 7.38. The van der Waals surface area contributed by atoms with Crippen molar-refractivity contribution in [3.05, 3.63) is 0 Å². The Kier molecular flexibility index (Phi) is 8.89. The highest BCUT2D eigenvalue weighted by atomic mass is 15.1. The van der Waals surface area contributed by atoms with Crippen LogP contribution in [0, 0.1) is 11.3 Å². The third-order valence-corrected chi connectivity index (χ3v) is 6.03. The molecule has 21 heavy (non-hydrogen) atoms.